The zero-order chi connectivity index (χ0) is 21.1. The molecule has 2 aromatic heterocycles. The highest BCUT2D eigenvalue weighted by Crippen LogP contribution is 2.29. The number of aromatic amines is 1. The molecular formula is C26H25N3O. The number of pyridine rings is 1. The second-order valence-corrected chi connectivity index (χ2v) is 7.41. The summed E-state index contributed by atoms with van der Waals surface area (Å²) in [6.45, 7) is 6.68. The fourth-order valence-electron chi connectivity index (χ4n) is 3.87. The quantitative estimate of drug-likeness (QED) is 0.428. The maximum absolute atomic E-state index is 9.60. The van der Waals surface area contributed by atoms with Gasteiger partial charge in [-0.3, -0.25) is 4.98 Å². The molecule has 0 unspecified atom stereocenters. The van der Waals surface area contributed by atoms with Gasteiger partial charge < -0.3 is 9.72 Å². The molecule has 0 radical (unpaired) electrons. The van der Waals surface area contributed by atoms with E-state index < -0.39 is 0 Å². The van der Waals surface area contributed by atoms with E-state index in [1.165, 1.54) is 0 Å². The first-order valence-corrected chi connectivity index (χ1v) is 10.4. The van der Waals surface area contributed by atoms with Gasteiger partial charge in [0.1, 0.15) is 18.4 Å². The van der Waals surface area contributed by atoms with E-state index in [9.17, 15) is 5.26 Å². The Balaban J connectivity index is 1.57. The van der Waals surface area contributed by atoms with E-state index in [-0.39, 0.29) is 0 Å². The van der Waals surface area contributed by atoms with Crippen molar-refractivity contribution in [1.82, 2.24) is 9.97 Å². The van der Waals surface area contributed by atoms with Crippen LogP contribution in [0.2, 0.25) is 0 Å². The third-order valence-electron chi connectivity index (χ3n) is 5.51. The Morgan fingerprint density at radius 2 is 1.80 bits per heavy atom. The van der Waals surface area contributed by atoms with Crippen LogP contribution in [0.25, 0.3) is 22.2 Å². The topological polar surface area (TPSA) is 61.7 Å². The van der Waals surface area contributed by atoms with Crippen LogP contribution >= 0.6 is 0 Å². The van der Waals surface area contributed by atoms with Gasteiger partial charge in [-0.2, -0.15) is 5.26 Å². The molecule has 0 amide bonds. The highest BCUT2D eigenvalue weighted by Gasteiger charge is 2.15. The lowest BCUT2D eigenvalue weighted by molar-refractivity contribution is 0.309. The number of rotatable bonds is 6. The van der Waals surface area contributed by atoms with Crippen LogP contribution < -0.4 is 4.74 Å². The molecule has 0 saturated carbocycles. The van der Waals surface area contributed by atoms with Crippen LogP contribution in [0.15, 0.2) is 54.6 Å². The molecule has 4 nitrogen and oxygen atoms in total. The van der Waals surface area contributed by atoms with Crippen molar-refractivity contribution in [2.75, 3.05) is 0 Å². The maximum atomic E-state index is 9.60. The first-order chi connectivity index (χ1) is 14.6. The fourth-order valence-corrected chi connectivity index (χ4v) is 3.87. The normalized spacial score (nSPS) is 10.9. The van der Waals surface area contributed by atoms with Crippen molar-refractivity contribution >= 4 is 10.9 Å². The molecule has 4 heteroatoms. The van der Waals surface area contributed by atoms with E-state index in [2.05, 4.69) is 42.0 Å². The van der Waals surface area contributed by atoms with Crippen LogP contribution in [0, 0.1) is 18.3 Å². The van der Waals surface area contributed by atoms with Gasteiger partial charge >= 0.3 is 0 Å². The van der Waals surface area contributed by atoms with Crippen LogP contribution in [-0.2, 0) is 19.4 Å². The fraction of sp³-hybridized carbons (Fsp3) is 0.231. The predicted octanol–water partition coefficient (Wildman–Crippen LogP) is 6.11. The van der Waals surface area contributed by atoms with Crippen molar-refractivity contribution in [3.8, 4) is 23.1 Å². The number of H-pyrrole nitrogens is 1. The van der Waals surface area contributed by atoms with Gasteiger partial charge in [0.2, 0.25) is 0 Å². The van der Waals surface area contributed by atoms with Gasteiger partial charge in [0.15, 0.2) is 0 Å². The largest absolute Gasteiger partial charge is 0.488 e. The Bertz CT molecular complexity index is 1230. The van der Waals surface area contributed by atoms with E-state index >= 15 is 0 Å². The number of nitrogens with one attached hydrogen (secondary N) is 1. The lowest BCUT2D eigenvalue weighted by Crippen LogP contribution is -1.98. The number of aryl methyl sites for hydroxylation is 2. The molecule has 2 aromatic carbocycles. The number of nitriles is 1. The molecule has 0 aliphatic carbocycles. The third kappa shape index (κ3) is 3.67. The lowest BCUT2D eigenvalue weighted by atomic mass is 10.0. The molecule has 0 spiro atoms. The molecule has 4 aromatic rings. The summed E-state index contributed by atoms with van der Waals surface area (Å²) >= 11 is 0. The van der Waals surface area contributed by atoms with Gasteiger partial charge in [-0.1, -0.05) is 50.2 Å². The summed E-state index contributed by atoms with van der Waals surface area (Å²) in [6.07, 6.45) is 1.71. The van der Waals surface area contributed by atoms with Crippen LogP contribution in [0.4, 0.5) is 0 Å². The Morgan fingerprint density at radius 3 is 2.50 bits per heavy atom. The average Bonchev–Trinajstić information content (AvgIpc) is 3.12. The highest BCUT2D eigenvalue weighted by atomic mass is 16.5. The third-order valence-corrected chi connectivity index (χ3v) is 5.51. The smallest absolute Gasteiger partial charge is 0.131 e. The maximum Gasteiger partial charge on any atom is 0.131 e. The second kappa shape index (κ2) is 8.42. The molecule has 0 saturated heterocycles. The van der Waals surface area contributed by atoms with E-state index in [1.54, 1.807) is 0 Å². The molecule has 0 aliphatic rings. The lowest BCUT2D eigenvalue weighted by Gasteiger charge is -2.11. The first-order valence-electron chi connectivity index (χ1n) is 10.4. The number of nitrogens with zero attached hydrogens (tertiary/aromatic N) is 2. The average molecular weight is 396 g/mol. The molecule has 150 valence electrons. The van der Waals surface area contributed by atoms with E-state index in [0.29, 0.717) is 6.61 Å². The van der Waals surface area contributed by atoms with Crippen LogP contribution in [0.3, 0.4) is 0 Å². The number of hydrogen-bond donors (Lipinski definition) is 1. The minimum Gasteiger partial charge on any atom is -0.488 e. The van der Waals surface area contributed by atoms with E-state index in [0.717, 1.165) is 68.8 Å². The van der Waals surface area contributed by atoms with Crippen molar-refractivity contribution in [2.45, 2.75) is 40.2 Å². The van der Waals surface area contributed by atoms with Crippen molar-refractivity contribution in [2.24, 2.45) is 0 Å². The Labute approximate surface area is 177 Å². The molecule has 0 bridgehead atoms. The van der Waals surface area contributed by atoms with E-state index in [4.69, 9.17) is 4.74 Å². The van der Waals surface area contributed by atoms with Crippen molar-refractivity contribution in [3.63, 3.8) is 0 Å². The zero-order valence-corrected chi connectivity index (χ0v) is 17.6. The minimum absolute atomic E-state index is 0.479. The predicted molar refractivity (Wildman–Crippen MR) is 121 cm³/mol. The molecule has 4 rings (SSSR count). The van der Waals surface area contributed by atoms with Crippen molar-refractivity contribution < 1.29 is 4.74 Å². The Hall–Kier alpha value is -3.58. The van der Waals surface area contributed by atoms with Gasteiger partial charge in [0, 0.05) is 22.8 Å². The molecule has 30 heavy (non-hydrogen) atoms. The summed E-state index contributed by atoms with van der Waals surface area (Å²) < 4.78 is 6.18. The van der Waals surface area contributed by atoms with Gasteiger partial charge in [0.05, 0.1) is 16.8 Å². The monoisotopic (exact) mass is 395 g/mol. The van der Waals surface area contributed by atoms with Gasteiger partial charge in [-0.15, -0.1) is 0 Å². The molecule has 0 fully saturated rings. The number of fused-ring (bicyclic) bond motifs is 1. The summed E-state index contributed by atoms with van der Waals surface area (Å²) in [4.78, 5) is 8.06. The van der Waals surface area contributed by atoms with Crippen molar-refractivity contribution in [3.05, 3.63) is 82.7 Å². The Morgan fingerprint density at radius 1 is 1.03 bits per heavy atom. The summed E-state index contributed by atoms with van der Waals surface area (Å²) in [6, 6.07) is 20.7. The summed E-state index contributed by atoms with van der Waals surface area (Å²) in [7, 11) is 0. The molecule has 1 N–H and O–H groups in total. The summed E-state index contributed by atoms with van der Waals surface area (Å²) in [5, 5.41) is 10.6. The molecular weight excluding hydrogens is 370 g/mol. The minimum atomic E-state index is 0.479. The zero-order valence-electron chi connectivity index (χ0n) is 17.6. The van der Waals surface area contributed by atoms with Crippen LogP contribution in [0.1, 0.15) is 41.9 Å². The first kappa shape index (κ1) is 19.7. The van der Waals surface area contributed by atoms with Crippen LogP contribution in [-0.4, -0.2) is 9.97 Å². The second-order valence-electron chi connectivity index (χ2n) is 7.41. The van der Waals surface area contributed by atoms with Gasteiger partial charge in [-0.25, -0.2) is 0 Å². The number of ether oxygens (including phenoxy) is 1. The SMILES string of the molecule is CCc1cc(OCc2ccc(-c3[nH]c(C)c(CC)c3C#N)cc2)c2ccccc2n1. The summed E-state index contributed by atoms with van der Waals surface area (Å²) in [5.41, 5.74) is 7.87. The summed E-state index contributed by atoms with van der Waals surface area (Å²) in [5.74, 6) is 0.862. The van der Waals surface area contributed by atoms with Crippen LogP contribution in [0.5, 0.6) is 5.75 Å². The molecule has 0 atom stereocenters. The number of hydrogen-bond acceptors (Lipinski definition) is 3. The Kier molecular flexibility index (Phi) is 5.54. The van der Waals surface area contributed by atoms with Gasteiger partial charge in [-0.05, 0) is 48.6 Å². The standard InChI is InChI=1S/C26H25N3O/c1-4-20-14-25(22-8-6-7-9-24(22)29-20)30-16-18-10-12-19(13-11-18)26-23(15-27)21(5-2)17(3)28-26/h6-14,28H,4-5,16H2,1-3H3. The number of para-hydroxylation sites is 1. The molecule has 0 aliphatic heterocycles. The van der Waals surface area contributed by atoms with Crippen molar-refractivity contribution in [1.29, 1.82) is 5.26 Å². The number of aromatic nitrogens is 2. The van der Waals surface area contributed by atoms with Gasteiger partial charge in [0.25, 0.3) is 0 Å². The number of benzene rings is 2. The highest BCUT2D eigenvalue weighted by molar-refractivity contribution is 5.85. The molecule has 2 heterocycles. The van der Waals surface area contributed by atoms with E-state index in [1.807, 2.05) is 49.4 Å².